The van der Waals surface area contributed by atoms with E-state index in [0.29, 0.717) is 0 Å². The lowest BCUT2D eigenvalue weighted by Gasteiger charge is -2.11. The number of aryl methyl sites for hydroxylation is 3. The normalized spacial score (nSPS) is 10.3. The molecule has 0 fully saturated rings. The Hall–Kier alpha value is -1.76. The first kappa shape index (κ1) is 11.7. The molecule has 0 saturated carbocycles. The van der Waals surface area contributed by atoms with Gasteiger partial charge in [-0.25, -0.2) is 0 Å². The number of hydrogen-bond acceptors (Lipinski definition) is 1. The van der Waals surface area contributed by atoms with Gasteiger partial charge in [0.15, 0.2) is 0 Å². The van der Waals surface area contributed by atoms with E-state index in [1.54, 1.807) is 0 Å². The van der Waals surface area contributed by atoms with Gasteiger partial charge in [-0.15, -0.1) is 0 Å². The SMILES string of the molecule is Cc1ccc(CNc2ccccc2C)c(C)c1. The first-order chi connectivity index (χ1) is 8.16. The predicted molar refractivity (Wildman–Crippen MR) is 74.4 cm³/mol. The van der Waals surface area contributed by atoms with Crippen LogP contribution in [0.15, 0.2) is 42.5 Å². The minimum Gasteiger partial charge on any atom is -0.381 e. The molecule has 2 aromatic carbocycles. The summed E-state index contributed by atoms with van der Waals surface area (Å²) in [5.74, 6) is 0. The Morgan fingerprint density at radius 3 is 2.35 bits per heavy atom. The molecule has 2 rings (SSSR count). The summed E-state index contributed by atoms with van der Waals surface area (Å²) in [5, 5.41) is 3.49. The van der Waals surface area contributed by atoms with Crippen LogP contribution in [-0.4, -0.2) is 0 Å². The van der Waals surface area contributed by atoms with Crippen molar-refractivity contribution in [1.82, 2.24) is 0 Å². The summed E-state index contributed by atoms with van der Waals surface area (Å²) in [6.45, 7) is 7.31. The smallest absolute Gasteiger partial charge is 0.0403 e. The molecule has 0 bridgehead atoms. The Kier molecular flexibility index (Phi) is 3.48. The molecule has 0 aromatic heterocycles. The van der Waals surface area contributed by atoms with Gasteiger partial charge in [0.25, 0.3) is 0 Å². The van der Waals surface area contributed by atoms with Crippen molar-refractivity contribution in [1.29, 1.82) is 0 Å². The zero-order valence-corrected chi connectivity index (χ0v) is 10.7. The highest BCUT2D eigenvalue weighted by Crippen LogP contribution is 2.16. The Morgan fingerprint density at radius 2 is 1.65 bits per heavy atom. The van der Waals surface area contributed by atoms with E-state index in [2.05, 4.69) is 68.6 Å². The van der Waals surface area contributed by atoms with Crippen molar-refractivity contribution in [2.24, 2.45) is 0 Å². The molecule has 0 unspecified atom stereocenters. The summed E-state index contributed by atoms with van der Waals surface area (Å²) < 4.78 is 0. The van der Waals surface area contributed by atoms with Crippen LogP contribution in [0.4, 0.5) is 5.69 Å². The van der Waals surface area contributed by atoms with Crippen molar-refractivity contribution in [2.75, 3.05) is 5.32 Å². The van der Waals surface area contributed by atoms with Crippen molar-refractivity contribution < 1.29 is 0 Å². The number of benzene rings is 2. The van der Waals surface area contributed by atoms with E-state index < -0.39 is 0 Å². The Morgan fingerprint density at radius 1 is 0.882 bits per heavy atom. The summed E-state index contributed by atoms with van der Waals surface area (Å²) >= 11 is 0. The van der Waals surface area contributed by atoms with E-state index in [4.69, 9.17) is 0 Å². The minimum atomic E-state index is 0.886. The first-order valence-corrected chi connectivity index (χ1v) is 6.02. The lowest BCUT2D eigenvalue weighted by molar-refractivity contribution is 1.11. The molecule has 0 heterocycles. The van der Waals surface area contributed by atoms with Gasteiger partial charge in [0.1, 0.15) is 0 Å². The maximum absolute atomic E-state index is 3.49. The molecule has 0 saturated heterocycles. The van der Waals surface area contributed by atoms with E-state index in [0.717, 1.165) is 6.54 Å². The molecule has 0 spiro atoms. The molecular formula is C16H19N. The zero-order valence-electron chi connectivity index (χ0n) is 10.7. The molecule has 0 atom stereocenters. The van der Waals surface area contributed by atoms with E-state index in [9.17, 15) is 0 Å². The van der Waals surface area contributed by atoms with Crippen molar-refractivity contribution >= 4 is 5.69 Å². The van der Waals surface area contributed by atoms with Gasteiger partial charge < -0.3 is 5.32 Å². The fourth-order valence-corrected chi connectivity index (χ4v) is 2.01. The topological polar surface area (TPSA) is 12.0 Å². The summed E-state index contributed by atoms with van der Waals surface area (Å²) in [7, 11) is 0. The molecule has 0 aliphatic heterocycles. The average molecular weight is 225 g/mol. The van der Waals surface area contributed by atoms with Gasteiger partial charge in [-0.3, -0.25) is 0 Å². The van der Waals surface area contributed by atoms with Crippen LogP contribution in [-0.2, 0) is 6.54 Å². The summed E-state index contributed by atoms with van der Waals surface area (Å²) in [4.78, 5) is 0. The third kappa shape index (κ3) is 2.88. The molecule has 1 heteroatoms. The molecule has 0 aliphatic carbocycles. The van der Waals surface area contributed by atoms with Gasteiger partial charge in [0, 0.05) is 12.2 Å². The van der Waals surface area contributed by atoms with Crippen LogP contribution in [0.25, 0.3) is 0 Å². The van der Waals surface area contributed by atoms with E-state index >= 15 is 0 Å². The van der Waals surface area contributed by atoms with Crippen molar-refractivity contribution in [3.63, 3.8) is 0 Å². The summed E-state index contributed by atoms with van der Waals surface area (Å²) in [6.07, 6.45) is 0. The Balaban J connectivity index is 2.10. The molecular weight excluding hydrogens is 206 g/mol. The second-order valence-electron chi connectivity index (χ2n) is 4.60. The van der Waals surface area contributed by atoms with Crippen molar-refractivity contribution in [3.05, 3.63) is 64.7 Å². The Bertz CT molecular complexity index is 515. The number of hydrogen-bond donors (Lipinski definition) is 1. The lowest BCUT2D eigenvalue weighted by atomic mass is 10.1. The molecule has 0 aliphatic rings. The second-order valence-corrected chi connectivity index (χ2v) is 4.60. The quantitative estimate of drug-likeness (QED) is 0.824. The van der Waals surface area contributed by atoms with E-state index in [1.165, 1.54) is 27.9 Å². The van der Waals surface area contributed by atoms with Crippen molar-refractivity contribution in [2.45, 2.75) is 27.3 Å². The summed E-state index contributed by atoms with van der Waals surface area (Å²) in [6, 6.07) is 15.0. The molecule has 2 aromatic rings. The summed E-state index contributed by atoms with van der Waals surface area (Å²) in [5.41, 5.74) is 6.54. The second kappa shape index (κ2) is 5.05. The van der Waals surface area contributed by atoms with Crippen LogP contribution in [0.3, 0.4) is 0 Å². The Labute approximate surface area is 103 Å². The lowest BCUT2D eigenvalue weighted by Crippen LogP contribution is -2.02. The van der Waals surface area contributed by atoms with Crippen LogP contribution in [0.1, 0.15) is 22.3 Å². The highest BCUT2D eigenvalue weighted by Gasteiger charge is 2.00. The number of anilines is 1. The van der Waals surface area contributed by atoms with E-state index in [1.807, 2.05) is 0 Å². The van der Waals surface area contributed by atoms with E-state index in [-0.39, 0.29) is 0 Å². The third-order valence-electron chi connectivity index (χ3n) is 3.11. The van der Waals surface area contributed by atoms with Crippen LogP contribution in [0.2, 0.25) is 0 Å². The zero-order chi connectivity index (χ0) is 12.3. The third-order valence-corrected chi connectivity index (χ3v) is 3.11. The monoisotopic (exact) mass is 225 g/mol. The average Bonchev–Trinajstić information content (AvgIpc) is 2.30. The van der Waals surface area contributed by atoms with Crippen LogP contribution < -0.4 is 5.32 Å². The van der Waals surface area contributed by atoms with Gasteiger partial charge in [0.2, 0.25) is 0 Å². The maximum atomic E-state index is 3.49. The minimum absolute atomic E-state index is 0.886. The molecule has 0 amide bonds. The largest absolute Gasteiger partial charge is 0.381 e. The van der Waals surface area contributed by atoms with Crippen LogP contribution in [0, 0.1) is 20.8 Å². The molecule has 1 nitrogen and oxygen atoms in total. The predicted octanol–water partition coefficient (Wildman–Crippen LogP) is 4.22. The standard InChI is InChI=1S/C16H19N/c1-12-8-9-15(14(3)10-12)11-17-16-7-5-4-6-13(16)2/h4-10,17H,11H2,1-3H3. The number of nitrogens with one attached hydrogen (secondary N) is 1. The van der Waals surface area contributed by atoms with Crippen LogP contribution in [0.5, 0.6) is 0 Å². The first-order valence-electron chi connectivity index (χ1n) is 6.02. The van der Waals surface area contributed by atoms with Gasteiger partial charge in [-0.2, -0.15) is 0 Å². The molecule has 88 valence electrons. The fraction of sp³-hybridized carbons (Fsp3) is 0.250. The van der Waals surface area contributed by atoms with Gasteiger partial charge in [-0.1, -0.05) is 42.0 Å². The molecule has 1 N–H and O–H groups in total. The molecule has 0 radical (unpaired) electrons. The van der Waals surface area contributed by atoms with Gasteiger partial charge in [-0.05, 0) is 43.5 Å². The molecule has 17 heavy (non-hydrogen) atoms. The number of para-hydroxylation sites is 1. The highest BCUT2D eigenvalue weighted by atomic mass is 14.9. The van der Waals surface area contributed by atoms with Crippen molar-refractivity contribution in [3.8, 4) is 0 Å². The maximum Gasteiger partial charge on any atom is 0.0403 e. The van der Waals surface area contributed by atoms with Crippen LogP contribution >= 0.6 is 0 Å². The number of rotatable bonds is 3. The van der Waals surface area contributed by atoms with Gasteiger partial charge in [0.05, 0.1) is 0 Å². The fourth-order valence-electron chi connectivity index (χ4n) is 2.01. The van der Waals surface area contributed by atoms with Gasteiger partial charge >= 0.3 is 0 Å². The highest BCUT2D eigenvalue weighted by molar-refractivity contribution is 5.50.